The summed E-state index contributed by atoms with van der Waals surface area (Å²) in [6, 6.07) is 9.34. The Morgan fingerprint density at radius 2 is 1.82 bits per heavy atom. The lowest BCUT2D eigenvalue weighted by Crippen LogP contribution is -2.41. The normalized spacial score (nSPS) is 13.8. The Hall–Kier alpha value is -2.84. The van der Waals surface area contributed by atoms with Gasteiger partial charge in [0, 0.05) is 22.7 Å². The lowest BCUT2D eigenvalue weighted by atomic mass is 10.2. The van der Waals surface area contributed by atoms with Crippen molar-refractivity contribution in [3.8, 4) is 11.5 Å². The summed E-state index contributed by atoms with van der Waals surface area (Å²) in [6.07, 6.45) is 0. The lowest BCUT2D eigenvalue weighted by molar-refractivity contribution is -0.117. The van der Waals surface area contributed by atoms with Gasteiger partial charge < -0.3 is 20.1 Å². The summed E-state index contributed by atoms with van der Waals surface area (Å²) < 4.78 is 12.0. The Kier molecular flexibility index (Phi) is 5.06. The van der Waals surface area contributed by atoms with Gasteiger partial charge in [-0.15, -0.1) is 0 Å². The molecule has 0 saturated carbocycles. The van der Waals surface area contributed by atoms with E-state index in [1.165, 1.54) is 11.3 Å². The van der Waals surface area contributed by atoms with Gasteiger partial charge >= 0.3 is 0 Å². The average Bonchev–Trinajstić information content (AvgIpc) is 3.07. The maximum Gasteiger partial charge on any atom is 0.251 e. The predicted octanol–water partition coefficient (Wildman–Crippen LogP) is 3.48. The molecule has 1 atom stereocenters. The Labute approximate surface area is 169 Å². The molecule has 2 aromatic carbocycles. The standard InChI is InChI=1S/C19H16ClN3O4S/c1-10(21-18(25)11-2-4-12(20)5-3-11)17(24)23-19-22-13-8-14-15(9-16(13)28-19)27-7-6-26-14/h2-5,8-10H,6-7H2,1H3,(H,21,25)(H,22,23,24)/t10-/m0/s1. The fraction of sp³-hybridized carbons (Fsp3) is 0.211. The number of benzene rings is 2. The van der Waals surface area contributed by atoms with E-state index in [1.54, 1.807) is 37.3 Å². The minimum atomic E-state index is -0.741. The quantitative estimate of drug-likeness (QED) is 0.678. The summed E-state index contributed by atoms with van der Waals surface area (Å²) in [7, 11) is 0. The summed E-state index contributed by atoms with van der Waals surface area (Å²) in [5, 5.41) is 6.37. The second kappa shape index (κ2) is 7.65. The molecule has 7 nitrogen and oxygen atoms in total. The van der Waals surface area contributed by atoms with E-state index in [9.17, 15) is 9.59 Å². The number of amides is 2. The van der Waals surface area contributed by atoms with Crippen molar-refractivity contribution in [2.75, 3.05) is 18.5 Å². The molecule has 0 unspecified atom stereocenters. The molecule has 0 aliphatic carbocycles. The second-order valence-corrected chi connectivity index (χ2v) is 7.64. The molecule has 144 valence electrons. The largest absolute Gasteiger partial charge is 0.486 e. The molecule has 9 heteroatoms. The van der Waals surface area contributed by atoms with Gasteiger partial charge in [0.05, 0.1) is 10.2 Å². The van der Waals surface area contributed by atoms with Crippen LogP contribution in [0.1, 0.15) is 17.3 Å². The third-order valence-electron chi connectivity index (χ3n) is 4.13. The molecule has 2 amide bonds. The monoisotopic (exact) mass is 417 g/mol. The Morgan fingerprint density at radius 1 is 1.14 bits per heavy atom. The number of nitrogens with zero attached hydrogens (tertiary/aromatic N) is 1. The first-order valence-electron chi connectivity index (χ1n) is 8.57. The van der Waals surface area contributed by atoms with Crippen LogP contribution in [0.25, 0.3) is 10.2 Å². The zero-order valence-electron chi connectivity index (χ0n) is 14.8. The Balaban J connectivity index is 1.43. The highest BCUT2D eigenvalue weighted by Crippen LogP contribution is 2.37. The molecular weight excluding hydrogens is 402 g/mol. The number of aromatic nitrogens is 1. The summed E-state index contributed by atoms with van der Waals surface area (Å²) in [6.45, 7) is 2.61. The van der Waals surface area contributed by atoms with E-state index >= 15 is 0 Å². The van der Waals surface area contributed by atoms with Crippen molar-refractivity contribution >= 4 is 50.1 Å². The molecule has 0 saturated heterocycles. The zero-order valence-corrected chi connectivity index (χ0v) is 16.4. The summed E-state index contributed by atoms with van der Waals surface area (Å²) in [5.41, 5.74) is 1.14. The topological polar surface area (TPSA) is 89.6 Å². The minimum absolute atomic E-state index is 0.356. The van der Waals surface area contributed by atoms with Crippen LogP contribution in [0.15, 0.2) is 36.4 Å². The lowest BCUT2D eigenvalue weighted by Gasteiger charge is -2.17. The number of carbonyl (C=O) groups is 2. The maximum absolute atomic E-state index is 12.4. The zero-order chi connectivity index (χ0) is 19.7. The van der Waals surface area contributed by atoms with E-state index in [1.807, 2.05) is 6.07 Å². The van der Waals surface area contributed by atoms with Gasteiger partial charge in [-0.2, -0.15) is 0 Å². The number of ether oxygens (including phenoxy) is 2. The molecule has 3 aromatic rings. The molecule has 0 radical (unpaired) electrons. The van der Waals surface area contributed by atoms with Crippen LogP contribution in [0.3, 0.4) is 0 Å². The van der Waals surface area contributed by atoms with E-state index in [-0.39, 0.29) is 11.8 Å². The highest BCUT2D eigenvalue weighted by molar-refractivity contribution is 7.22. The van der Waals surface area contributed by atoms with Crippen LogP contribution in [-0.2, 0) is 4.79 Å². The van der Waals surface area contributed by atoms with Crippen LogP contribution in [0.4, 0.5) is 5.13 Å². The average molecular weight is 418 g/mol. The van der Waals surface area contributed by atoms with Crippen molar-refractivity contribution in [1.29, 1.82) is 0 Å². The number of carbonyl (C=O) groups excluding carboxylic acids is 2. The van der Waals surface area contributed by atoms with Crippen LogP contribution >= 0.6 is 22.9 Å². The molecule has 1 aliphatic heterocycles. The van der Waals surface area contributed by atoms with E-state index in [0.717, 1.165) is 4.70 Å². The smallest absolute Gasteiger partial charge is 0.251 e. The van der Waals surface area contributed by atoms with Crippen LogP contribution in [0, 0.1) is 0 Å². The van der Waals surface area contributed by atoms with Crippen molar-refractivity contribution in [1.82, 2.24) is 10.3 Å². The maximum atomic E-state index is 12.4. The molecule has 4 rings (SSSR count). The summed E-state index contributed by atoms with van der Waals surface area (Å²) >= 11 is 7.15. The first-order valence-corrected chi connectivity index (χ1v) is 9.76. The Bertz CT molecular complexity index is 1010. The van der Waals surface area contributed by atoms with Gasteiger partial charge in [-0.25, -0.2) is 4.98 Å². The number of thiazole rings is 1. The number of rotatable bonds is 4. The fourth-order valence-corrected chi connectivity index (χ4v) is 3.68. The van der Waals surface area contributed by atoms with Crippen molar-refractivity contribution in [3.05, 3.63) is 47.0 Å². The van der Waals surface area contributed by atoms with Crippen molar-refractivity contribution in [2.24, 2.45) is 0 Å². The fourth-order valence-electron chi connectivity index (χ4n) is 2.68. The molecule has 1 aromatic heterocycles. The van der Waals surface area contributed by atoms with Crippen molar-refractivity contribution in [2.45, 2.75) is 13.0 Å². The van der Waals surface area contributed by atoms with Crippen molar-refractivity contribution < 1.29 is 19.1 Å². The van der Waals surface area contributed by atoms with Gasteiger partial charge in [0.15, 0.2) is 16.6 Å². The number of anilines is 1. The first-order chi connectivity index (χ1) is 13.5. The minimum Gasteiger partial charge on any atom is -0.486 e. The van der Waals surface area contributed by atoms with Gasteiger partial charge in [-0.1, -0.05) is 22.9 Å². The van der Waals surface area contributed by atoms with Gasteiger partial charge in [0.25, 0.3) is 5.91 Å². The molecule has 2 N–H and O–H groups in total. The molecule has 0 fully saturated rings. The highest BCUT2D eigenvalue weighted by Gasteiger charge is 2.20. The molecule has 0 spiro atoms. The number of hydrogen-bond donors (Lipinski definition) is 2. The first kappa shape index (κ1) is 18.5. The Morgan fingerprint density at radius 3 is 2.54 bits per heavy atom. The summed E-state index contributed by atoms with van der Waals surface area (Å²) in [4.78, 5) is 29.1. The third kappa shape index (κ3) is 3.88. The van der Waals surface area contributed by atoms with Crippen LogP contribution in [-0.4, -0.2) is 36.1 Å². The summed E-state index contributed by atoms with van der Waals surface area (Å²) in [5.74, 6) is 0.596. The number of nitrogens with one attached hydrogen (secondary N) is 2. The molecular formula is C19H16ClN3O4S. The third-order valence-corrected chi connectivity index (χ3v) is 5.32. The SMILES string of the molecule is C[C@H](NC(=O)c1ccc(Cl)cc1)C(=O)Nc1nc2cc3c(cc2s1)OCCO3. The van der Waals surface area contributed by atoms with Crippen LogP contribution < -0.4 is 20.1 Å². The van der Waals surface area contributed by atoms with E-state index < -0.39 is 6.04 Å². The van der Waals surface area contributed by atoms with Crippen LogP contribution in [0.2, 0.25) is 5.02 Å². The van der Waals surface area contributed by atoms with Crippen molar-refractivity contribution in [3.63, 3.8) is 0 Å². The van der Waals surface area contributed by atoms with E-state index in [2.05, 4.69) is 15.6 Å². The van der Waals surface area contributed by atoms with Gasteiger partial charge in [-0.05, 0) is 31.2 Å². The van der Waals surface area contributed by atoms with Gasteiger partial charge in [0.2, 0.25) is 5.91 Å². The van der Waals surface area contributed by atoms with Gasteiger partial charge in [-0.3, -0.25) is 9.59 Å². The molecule has 2 heterocycles. The number of fused-ring (bicyclic) bond motifs is 2. The second-order valence-electron chi connectivity index (χ2n) is 6.17. The van der Waals surface area contributed by atoms with Gasteiger partial charge in [0.1, 0.15) is 19.3 Å². The number of halogens is 1. The number of hydrogen-bond acceptors (Lipinski definition) is 6. The van der Waals surface area contributed by atoms with E-state index in [4.69, 9.17) is 21.1 Å². The van der Waals surface area contributed by atoms with Crippen LogP contribution in [0.5, 0.6) is 11.5 Å². The molecule has 0 bridgehead atoms. The predicted molar refractivity (Wildman–Crippen MR) is 108 cm³/mol. The molecule has 1 aliphatic rings. The van der Waals surface area contributed by atoms with E-state index in [0.29, 0.717) is 45.9 Å². The molecule has 28 heavy (non-hydrogen) atoms. The highest BCUT2D eigenvalue weighted by atomic mass is 35.5.